The molecule has 2 bridgehead atoms. The Hall–Kier alpha value is -1.26. The highest BCUT2D eigenvalue weighted by molar-refractivity contribution is 5.87. The van der Waals surface area contributed by atoms with Gasteiger partial charge in [-0.3, -0.25) is 9.80 Å². The number of nitrogens with zero attached hydrogens (tertiary/aromatic N) is 1. The molecule has 0 atom stereocenters. The maximum Gasteiger partial charge on any atom is 0.426 e. The number of carbonyl (C=O) groups excluding carboxylic acids is 2. The van der Waals surface area contributed by atoms with Gasteiger partial charge in [0, 0.05) is 7.05 Å². The first-order valence-corrected chi connectivity index (χ1v) is 6.00. The van der Waals surface area contributed by atoms with E-state index >= 15 is 0 Å². The molecule has 2 amide bonds. The molecule has 5 heteroatoms. The maximum atomic E-state index is 12.0. The molecule has 5 nitrogen and oxygen atoms in total. The predicted molar refractivity (Wildman–Crippen MR) is 61.9 cm³/mol. The molecule has 0 aliphatic heterocycles. The molecule has 0 aromatic carbocycles. The lowest BCUT2D eigenvalue weighted by Gasteiger charge is -2.60. The molecule has 3 fully saturated rings. The van der Waals surface area contributed by atoms with Crippen LogP contribution in [-0.2, 0) is 9.53 Å². The van der Waals surface area contributed by atoms with Crippen LogP contribution in [0.25, 0.3) is 0 Å². The highest BCUT2D eigenvalue weighted by atomic mass is 16.6. The van der Waals surface area contributed by atoms with Gasteiger partial charge >= 0.3 is 6.09 Å². The number of ether oxygens (including phenoxy) is 1. The van der Waals surface area contributed by atoms with Crippen molar-refractivity contribution in [2.45, 2.75) is 45.6 Å². The Balaban J connectivity index is 1.82. The van der Waals surface area contributed by atoms with Crippen LogP contribution >= 0.6 is 0 Å². The van der Waals surface area contributed by atoms with Gasteiger partial charge in [0.2, 0.25) is 5.91 Å². The Morgan fingerprint density at radius 3 is 2.18 bits per heavy atom. The summed E-state index contributed by atoms with van der Waals surface area (Å²) in [5.41, 5.74) is 1.73. The second kappa shape index (κ2) is 3.62. The maximum absolute atomic E-state index is 12.0. The van der Waals surface area contributed by atoms with E-state index in [0.29, 0.717) is 0 Å². The predicted octanol–water partition coefficient (Wildman–Crippen LogP) is 1.68. The molecule has 0 aromatic heterocycles. The molecule has 3 rings (SSSR count). The first-order chi connectivity index (χ1) is 7.72. The van der Waals surface area contributed by atoms with Gasteiger partial charge in [-0.25, -0.2) is 10.2 Å². The second-order valence-electron chi connectivity index (χ2n) is 6.24. The summed E-state index contributed by atoms with van der Waals surface area (Å²) < 4.78 is 5.09. The normalized spacial score (nSPS) is 29.8. The van der Waals surface area contributed by atoms with E-state index in [4.69, 9.17) is 4.74 Å². The minimum atomic E-state index is -0.583. The van der Waals surface area contributed by atoms with Gasteiger partial charge in [0.25, 0.3) is 0 Å². The molecule has 0 radical (unpaired) electrons. The molecule has 1 N–H and O–H groups in total. The van der Waals surface area contributed by atoms with Crippen LogP contribution in [0.1, 0.15) is 40.0 Å². The summed E-state index contributed by atoms with van der Waals surface area (Å²) in [6, 6.07) is 0. The zero-order valence-corrected chi connectivity index (χ0v) is 10.9. The number of hydrogen-bond acceptors (Lipinski definition) is 3. The minimum Gasteiger partial charge on any atom is -0.443 e. The zero-order valence-electron chi connectivity index (χ0n) is 10.9. The lowest BCUT2D eigenvalue weighted by Crippen LogP contribution is -2.63. The van der Waals surface area contributed by atoms with Gasteiger partial charge in [0.05, 0.1) is 5.41 Å². The molecular weight excluding hydrogens is 220 g/mol. The largest absolute Gasteiger partial charge is 0.443 e. The van der Waals surface area contributed by atoms with Crippen molar-refractivity contribution in [2.75, 3.05) is 7.05 Å². The van der Waals surface area contributed by atoms with Crippen molar-refractivity contribution < 1.29 is 14.3 Å². The summed E-state index contributed by atoms with van der Waals surface area (Å²) in [7, 11) is 1.58. The van der Waals surface area contributed by atoms with E-state index in [1.807, 2.05) is 0 Å². The fourth-order valence-corrected chi connectivity index (χ4v) is 2.58. The number of amides is 2. The Morgan fingerprint density at radius 2 is 1.82 bits per heavy atom. The zero-order chi connectivity index (χ0) is 12.8. The van der Waals surface area contributed by atoms with Crippen molar-refractivity contribution >= 4 is 12.0 Å². The van der Waals surface area contributed by atoms with E-state index in [1.54, 1.807) is 27.8 Å². The van der Waals surface area contributed by atoms with Crippen LogP contribution in [0.2, 0.25) is 0 Å². The van der Waals surface area contributed by atoms with Crippen molar-refractivity contribution in [1.82, 2.24) is 10.4 Å². The fraction of sp³-hybridized carbons (Fsp3) is 0.833. The third kappa shape index (κ3) is 2.23. The smallest absolute Gasteiger partial charge is 0.426 e. The lowest BCUT2D eigenvalue weighted by molar-refractivity contribution is -0.178. The second-order valence-corrected chi connectivity index (χ2v) is 6.24. The summed E-state index contributed by atoms with van der Waals surface area (Å²) in [5, 5.41) is 1.27. The molecule has 0 unspecified atom stereocenters. The first-order valence-electron chi connectivity index (χ1n) is 6.00. The first kappa shape index (κ1) is 12.2. The van der Waals surface area contributed by atoms with Crippen LogP contribution in [0.15, 0.2) is 0 Å². The van der Waals surface area contributed by atoms with E-state index in [9.17, 15) is 9.59 Å². The number of nitrogens with one attached hydrogen (secondary N) is 1. The standard InChI is InChI=1S/C12H20N2O3/c1-11(2,3)17-10(16)13-14(4)9(15)12-5-8(6-12)7-12/h8H,5-7H2,1-4H3,(H,13,16). The van der Waals surface area contributed by atoms with Crippen molar-refractivity contribution in [2.24, 2.45) is 11.3 Å². The minimum absolute atomic E-state index is 0.00543. The number of hydrazine groups is 1. The third-order valence-corrected chi connectivity index (χ3v) is 3.45. The Labute approximate surface area is 101 Å². The highest BCUT2D eigenvalue weighted by Gasteiger charge is 2.62. The van der Waals surface area contributed by atoms with Gasteiger partial charge < -0.3 is 4.74 Å². The van der Waals surface area contributed by atoms with Crippen LogP contribution in [0.4, 0.5) is 4.79 Å². The molecule has 96 valence electrons. The quantitative estimate of drug-likeness (QED) is 0.709. The average molecular weight is 240 g/mol. The van der Waals surface area contributed by atoms with Gasteiger partial charge in [-0.1, -0.05) is 0 Å². The van der Waals surface area contributed by atoms with Gasteiger partial charge in [-0.05, 0) is 46.0 Å². The van der Waals surface area contributed by atoms with E-state index < -0.39 is 11.7 Å². The van der Waals surface area contributed by atoms with Crippen LogP contribution in [0.3, 0.4) is 0 Å². The van der Waals surface area contributed by atoms with E-state index in [1.165, 1.54) is 5.01 Å². The molecule has 0 spiro atoms. The lowest BCUT2D eigenvalue weighted by atomic mass is 9.44. The van der Waals surface area contributed by atoms with Crippen LogP contribution in [0, 0.1) is 11.3 Å². The monoisotopic (exact) mass is 240 g/mol. The van der Waals surface area contributed by atoms with Crippen molar-refractivity contribution in [3.63, 3.8) is 0 Å². The van der Waals surface area contributed by atoms with E-state index in [0.717, 1.165) is 25.2 Å². The van der Waals surface area contributed by atoms with Crippen LogP contribution < -0.4 is 5.43 Å². The topological polar surface area (TPSA) is 58.6 Å². The summed E-state index contributed by atoms with van der Waals surface area (Å²) in [6.45, 7) is 5.36. The van der Waals surface area contributed by atoms with Gasteiger partial charge in [0.15, 0.2) is 0 Å². The number of hydrogen-bond donors (Lipinski definition) is 1. The van der Waals surface area contributed by atoms with E-state index in [-0.39, 0.29) is 11.3 Å². The van der Waals surface area contributed by atoms with Crippen molar-refractivity contribution in [3.8, 4) is 0 Å². The summed E-state index contributed by atoms with van der Waals surface area (Å²) >= 11 is 0. The molecule has 3 aliphatic rings. The van der Waals surface area contributed by atoms with Crippen molar-refractivity contribution in [3.05, 3.63) is 0 Å². The summed E-state index contributed by atoms with van der Waals surface area (Å²) in [5.74, 6) is 0.750. The third-order valence-electron chi connectivity index (χ3n) is 3.45. The summed E-state index contributed by atoms with van der Waals surface area (Å²) in [4.78, 5) is 23.5. The summed E-state index contributed by atoms with van der Waals surface area (Å²) in [6.07, 6.45) is 2.35. The van der Waals surface area contributed by atoms with Gasteiger partial charge in [0.1, 0.15) is 5.60 Å². The SMILES string of the molecule is CN(NC(=O)OC(C)(C)C)C(=O)C12CC(C1)C2. The van der Waals surface area contributed by atoms with Gasteiger partial charge in [-0.2, -0.15) is 0 Å². The molecule has 3 saturated carbocycles. The molecule has 0 saturated heterocycles. The molecular formula is C12H20N2O3. The van der Waals surface area contributed by atoms with Gasteiger partial charge in [-0.15, -0.1) is 0 Å². The number of rotatable bonds is 1. The highest BCUT2D eigenvalue weighted by Crippen LogP contribution is 2.64. The molecule has 17 heavy (non-hydrogen) atoms. The Kier molecular flexibility index (Phi) is 2.60. The molecule has 3 aliphatic carbocycles. The Bertz CT molecular complexity index is 342. The Morgan fingerprint density at radius 1 is 1.29 bits per heavy atom. The number of carbonyl (C=O) groups is 2. The van der Waals surface area contributed by atoms with Crippen LogP contribution in [-0.4, -0.2) is 29.7 Å². The molecule has 0 aromatic rings. The van der Waals surface area contributed by atoms with Crippen LogP contribution in [0.5, 0.6) is 0 Å². The fourth-order valence-electron chi connectivity index (χ4n) is 2.58. The average Bonchev–Trinajstić information content (AvgIpc) is 1.93. The van der Waals surface area contributed by atoms with E-state index in [2.05, 4.69) is 5.43 Å². The molecule has 0 heterocycles. The van der Waals surface area contributed by atoms with Crippen molar-refractivity contribution in [1.29, 1.82) is 0 Å².